The second-order valence-corrected chi connectivity index (χ2v) is 8.35. The van der Waals surface area contributed by atoms with Crippen molar-refractivity contribution in [2.24, 2.45) is 0 Å². The molecule has 0 N–H and O–H groups in total. The summed E-state index contributed by atoms with van der Waals surface area (Å²) >= 11 is 0. The van der Waals surface area contributed by atoms with Crippen molar-refractivity contribution in [1.29, 1.82) is 0 Å². The first kappa shape index (κ1) is 21.9. The Morgan fingerprint density at radius 1 is 1.22 bits per heavy atom. The Hall–Kier alpha value is -3.29. The highest BCUT2D eigenvalue weighted by atomic mass is 19.1. The topological polar surface area (TPSA) is 67.2 Å². The number of aryl methyl sites for hydroxylation is 1. The average molecular weight is 437 g/mol. The zero-order chi connectivity index (χ0) is 22.7. The molecule has 0 aliphatic carbocycles. The lowest BCUT2D eigenvalue weighted by Gasteiger charge is -2.33. The van der Waals surface area contributed by atoms with Gasteiger partial charge in [-0.05, 0) is 30.5 Å². The summed E-state index contributed by atoms with van der Waals surface area (Å²) in [6.07, 6.45) is 7.80. The molecule has 32 heavy (non-hydrogen) atoms. The van der Waals surface area contributed by atoms with Crippen molar-refractivity contribution in [3.05, 3.63) is 60.2 Å². The molecule has 168 valence electrons. The first-order chi connectivity index (χ1) is 15.5. The Balaban J connectivity index is 1.52. The molecule has 8 heteroatoms. The number of benzene rings is 1. The average Bonchev–Trinajstić information content (AvgIpc) is 3.25. The Morgan fingerprint density at radius 2 is 2.00 bits per heavy atom. The van der Waals surface area contributed by atoms with E-state index in [1.54, 1.807) is 18.5 Å². The fraction of sp³-hybridized carbons (Fsp3) is 0.417. The van der Waals surface area contributed by atoms with Gasteiger partial charge < -0.3 is 14.4 Å². The third kappa shape index (κ3) is 4.64. The van der Waals surface area contributed by atoms with Crippen molar-refractivity contribution in [1.82, 2.24) is 24.4 Å². The van der Waals surface area contributed by atoms with Crippen LogP contribution in [0.5, 0.6) is 0 Å². The van der Waals surface area contributed by atoms with Crippen LogP contribution in [0.3, 0.4) is 0 Å². The van der Waals surface area contributed by atoms with Gasteiger partial charge in [0.05, 0.1) is 5.69 Å². The third-order valence-electron chi connectivity index (χ3n) is 6.00. The highest BCUT2D eigenvalue weighted by Crippen LogP contribution is 2.35. The second kappa shape index (κ2) is 9.46. The first-order valence-electron chi connectivity index (χ1n) is 11.0. The molecule has 1 fully saturated rings. The Morgan fingerprint density at radius 3 is 2.69 bits per heavy atom. The van der Waals surface area contributed by atoms with Gasteiger partial charge in [-0.25, -0.2) is 19.3 Å². The van der Waals surface area contributed by atoms with E-state index in [9.17, 15) is 9.18 Å². The number of aromatic nitrogens is 4. The van der Waals surface area contributed by atoms with E-state index in [1.807, 2.05) is 47.6 Å². The lowest BCUT2D eigenvalue weighted by Crippen LogP contribution is -2.40. The minimum atomic E-state index is -0.281. The molecular weight excluding hydrogens is 407 g/mol. The molecule has 1 aliphatic rings. The van der Waals surface area contributed by atoms with E-state index in [0.29, 0.717) is 25.6 Å². The number of rotatable bonds is 6. The van der Waals surface area contributed by atoms with E-state index in [1.165, 1.54) is 12.1 Å². The van der Waals surface area contributed by atoms with Crippen LogP contribution in [-0.2, 0) is 17.8 Å². The van der Waals surface area contributed by atoms with Crippen molar-refractivity contribution in [3.63, 3.8) is 0 Å². The highest BCUT2D eigenvalue weighted by molar-refractivity contribution is 5.76. The van der Waals surface area contributed by atoms with Crippen LogP contribution in [0.1, 0.15) is 37.2 Å². The molecular formula is C24H29FN6O. The summed E-state index contributed by atoms with van der Waals surface area (Å²) < 4.78 is 15.8. The maximum absolute atomic E-state index is 13.9. The van der Waals surface area contributed by atoms with Crippen LogP contribution in [0.4, 0.5) is 10.3 Å². The Bertz CT molecular complexity index is 1090. The third-order valence-corrected chi connectivity index (χ3v) is 6.00. The molecule has 3 aromatic rings. The number of carbonyl (C=O) groups excluding carboxylic acids is 1. The number of likely N-dealkylation sites (tertiary alicyclic amines) is 1. The summed E-state index contributed by atoms with van der Waals surface area (Å²) in [5, 5.41) is 0. The Kier molecular flexibility index (Phi) is 6.48. The monoisotopic (exact) mass is 436 g/mol. The van der Waals surface area contributed by atoms with E-state index in [0.717, 1.165) is 41.9 Å². The largest absolute Gasteiger partial charge is 0.347 e. The highest BCUT2D eigenvalue weighted by Gasteiger charge is 2.27. The molecule has 0 radical (unpaired) electrons. The maximum atomic E-state index is 13.9. The number of hydrogen-bond donors (Lipinski definition) is 0. The molecule has 0 atom stereocenters. The van der Waals surface area contributed by atoms with Crippen molar-refractivity contribution < 1.29 is 9.18 Å². The van der Waals surface area contributed by atoms with Gasteiger partial charge in [-0.15, -0.1) is 0 Å². The van der Waals surface area contributed by atoms with Gasteiger partial charge in [0.1, 0.15) is 18.2 Å². The first-order valence-corrected chi connectivity index (χ1v) is 11.0. The summed E-state index contributed by atoms with van der Waals surface area (Å²) in [6, 6.07) is 6.55. The van der Waals surface area contributed by atoms with Gasteiger partial charge in [0, 0.05) is 63.7 Å². The summed E-state index contributed by atoms with van der Waals surface area (Å²) in [4.78, 5) is 30.2. The minimum absolute atomic E-state index is 0.109. The quantitative estimate of drug-likeness (QED) is 0.592. The van der Waals surface area contributed by atoms with Crippen LogP contribution < -0.4 is 4.90 Å². The number of carbonyl (C=O) groups is 1. The molecule has 0 unspecified atom stereocenters. The number of imidazole rings is 1. The van der Waals surface area contributed by atoms with Crippen LogP contribution in [0, 0.1) is 5.82 Å². The number of amides is 1. The summed E-state index contributed by atoms with van der Waals surface area (Å²) in [7, 11) is 3.81. The van der Waals surface area contributed by atoms with E-state index < -0.39 is 0 Å². The van der Waals surface area contributed by atoms with Gasteiger partial charge in [0.2, 0.25) is 11.9 Å². The number of halogens is 1. The molecule has 7 nitrogen and oxygen atoms in total. The van der Waals surface area contributed by atoms with E-state index in [-0.39, 0.29) is 17.6 Å². The summed E-state index contributed by atoms with van der Waals surface area (Å²) in [6.45, 7) is 3.70. The van der Waals surface area contributed by atoms with Gasteiger partial charge >= 0.3 is 0 Å². The van der Waals surface area contributed by atoms with Crippen LogP contribution in [0.25, 0.3) is 11.1 Å². The fourth-order valence-electron chi connectivity index (χ4n) is 4.24. The number of nitrogens with zero attached hydrogens (tertiary/aromatic N) is 6. The molecule has 0 saturated carbocycles. The van der Waals surface area contributed by atoms with Gasteiger partial charge in [-0.3, -0.25) is 4.79 Å². The van der Waals surface area contributed by atoms with Crippen LogP contribution in [0.15, 0.2) is 42.9 Å². The van der Waals surface area contributed by atoms with E-state index >= 15 is 0 Å². The maximum Gasteiger partial charge on any atom is 0.242 e. The molecule has 1 amide bonds. The molecule has 2 aromatic heterocycles. The minimum Gasteiger partial charge on any atom is -0.347 e. The normalized spacial score (nSPS) is 14.6. The SMILES string of the molecule is CCc1nccn1CC(=O)N1CCC(c2nc(N(C)C)ncc2-c2cccc(F)c2)CC1. The second-order valence-electron chi connectivity index (χ2n) is 8.35. The zero-order valence-corrected chi connectivity index (χ0v) is 18.8. The standard InChI is InChI=1S/C24H29FN6O/c1-4-21-26-10-13-31(21)16-22(32)30-11-8-17(9-12-30)23-20(15-27-24(28-23)29(2)3)18-6-5-7-19(25)14-18/h5-7,10,13-15,17H,4,8-9,11-12,16H2,1-3H3. The molecule has 0 spiro atoms. The fourth-order valence-corrected chi connectivity index (χ4v) is 4.24. The molecule has 0 bridgehead atoms. The number of anilines is 1. The van der Waals surface area contributed by atoms with Gasteiger partial charge in [0.25, 0.3) is 0 Å². The number of hydrogen-bond acceptors (Lipinski definition) is 5. The smallest absolute Gasteiger partial charge is 0.242 e. The predicted molar refractivity (Wildman–Crippen MR) is 122 cm³/mol. The summed E-state index contributed by atoms with van der Waals surface area (Å²) in [5.41, 5.74) is 2.55. The Labute approximate surface area is 187 Å². The zero-order valence-electron chi connectivity index (χ0n) is 18.8. The van der Waals surface area contributed by atoms with Gasteiger partial charge in [0.15, 0.2) is 0 Å². The van der Waals surface area contributed by atoms with Crippen molar-refractivity contribution >= 4 is 11.9 Å². The number of piperidine rings is 1. The van der Waals surface area contributed by atoms with Crippen LogP contribution in [0.2, 0.25) is 0 Å². The molecule has 3 heterocycles. The lowest BCUT2D eigenvalue weighted by atomic mass is 9.89. The van der Waals surface area contributed by atoms with Crippen LogP contribution in [-0.4, -0.2) is 57.5 Å². The van der Waals surface area contributed by atoms with E-state index in [2.05, 4.69) is 9.97 Å². The van der Waals surface area contributed by atoms with Gasteiger partial charge in [-0.2, -0.15) is 0 Å². The van der Waals surface area contributed by atoms with Crippen LogP contribution >= 0.6 is 0 Å². The summed E-state index contributed by atoms with van der Waals surface area (Å²) in [5.74, 6) is 1.56. The molecule has 1 aliphatic heterocycles. The lowest BCUT2D eigenvalue weighted by molar-refractivity contribution is -0.132. The van der Waals surface area contributed by atoms with Crippen molar-refractivity contribution in [2.45, 2.75) is 38.6 Å². The molecule has 1 aromatic carbocycles. The molecule has 1 saturated heterocycles. The predicted octanol–water partition coefficient (Wildman–Crippen LogP) is 3.51. The van der Waals surface area contributed by atoms with Crippen molar-refractivity contribution in [3.8, 4) is 11.1 Å². The molecule has 4 rings (SSSR count). The van der Waals surface area contributed by atoms with E-state index in [4.69, 9.17) is 4.98 Å². The van der Waals surface area contributed by atoms with Crippen molar-refractivity contribution in [2.75, 3.05) is 32.1 Å². The van der Waals surface area contributed by atoms with Gasteiger partial charge in [-0.1, -0.05) is 19.1 Å².